The minimum atomic E-state index is -0.450. The van der Waals surface area contributed by atoms with Gasteiger partial charge in [0.1, 0.15) is 5.82 Å². The summed E-state index contributed by atoms with van der Waals surface area (Å²) in [6, 6.07) is 15.3. The first-order valence-corrected chi connectivity index (χ1v) is 11.4. The van der Waals surface area contributed by atoms with Gasteiger partial charge in [0.15, 0.2) is 10.8 Å². The summed E-state index contributed by atoms with van der Waals surface area (Å²) in [5.41, 5.74) is 3.12. The van der Waals surface area contributed by atoms with Crippen LogP contribution in [-0.4, -0.2) is 43.1 Å². The molecule has 5 rings (SSSR count). The number of para-hydroxylation sites is 1. The van der Waals surface area contributed by atoms with E-state index in [1.807, 2.05) is 35.6 Å². The van der Waals surface area contributed by atoms with Crippen molar-refractivity contribution in [2.75, 3.05) is 6.54 Å². The number of fused-ring (bicyclic) bond motifs is 3. The van der Waals surface area contributed by atoms with Gasteiger partial charge in [-0.3, -0.25) is 18.9 Å². The Morgan fingerprint density at radius 3 is 2.69 bits per heavy atom. The van der Waals surface area contributed by atoms with Crippen LogP contribution in [0.4, 0.5) is 4.39 Å². The van der Waals surface area contributed by atoms with Gasteiger partial charge >= 0.3 is 0 Å². The van der Waals surface area contributed by atoms with Crippen molar-refractivity contribution in [2.45, 2.75) is 36.6 Å². The topological polar surface area (TPSA) is 67.6 Å². The summed E-state index contributed by atoms with van der Waals surface area (Å²) < 4.78 is 15.2. The highest BCUT2D eigenvalue weighted by atomic mass is 32.2. The van der Waals surface area contributed by atoms with E-state index in [0.717, 1.165) is 35.0 Å². The van der Waals surface area contributed by atoms with E-state index in [9.17, 15) is 14.0 Å². The Bertz CT molecular complexity index is 1340. The molecule has 8 heteroatoms. The summed E-state index contributed by atoms with van der Waals surface area (Å²) in [5.74, 6) is -1.05. The zero-order valence-corrected chi connectivity index (χ0v) is 18.3. The molecule has 0 radical (unpaired) electrons. The van der Waals surface area contributed by atoms with E-state index in [1.165, 1.54) is 40.9 Å². The first-order chi connectivity index (χ1) is 15.5. The summed E-state index contributed by atoms with van der Waals surface area (Å²) in [6.45, 7) is 2.40. The van der Waals surface area contributed by atoms with E-state index in [4.69, 9.17) is 0 Å². The van der Waals surface area contributed by atoms with E-state index < -0.39 is 17.0 Å². The molecule has 1 aliphatic heterocycles. The number of carbonyl (C=O) groups excluding carboxylic acids is 2. The van der Waals surface area contributed by atoms with Crippen LogP contribution in [-0.2, 0) is 4.79 Å². The molecule has 6 nitrogen and oxygen atoms in total. The maximum atomic E-state index is 13.4. The third-order valence-corrected chi connectivity index (χ3v) is 6.99. The van der Waals surface area contributed by atoms with Crippen LogP contribution in [0.2, 0.25) is 0 Å². The lowest BCUT2D eigenvalue weighted by Gasteiger charge is -2.22. The van der Waals surface area contributed by atoms with Gasteiger partial charge in [0, 0.05) is 17.5 Å². The van der Waals surface area contributed by atoms with Gasteiger partial charge in [-0.15, -0.1) is 10.2 Å². The molecule has 1 fully saturated rings. The van der Waals surface area contributed by atoms with Crippen molar-refractivity contribution in [2.24, 2.45) is 0 Å². The number of imide groups is 1. The zero-order chi connectivity index (χ0) is 22.2. The molecule has 162 valence electrons. The van der Waals surface area contributed by atoms with Crippen molar-refractivity contribution in [3.05, 3.63) is 71.5 Å². The van der Waals surface area contributed by atoms with Gasteiger partial charge in [-0.2, -0.15) is 0 Å². The molecular formula is C24H21FN4O2S. The molecule has 0 saturated carbocycles. The Balaban J connectivity index is 1.48. The van der Waals surface area contributed by atoms with Gasteiger partial charge in [-0.25, -0.2) is 4.39 Å². The Kier molecular flexibility index (Phi) is 5.38. The van der Waals surface area contributed by atoms with Crippen LogP contribution in [0.25, 0.3) is 16.6 Å². The van der Waals surface area contributed by atoms with Crippen molar-refractivity contribution in [3.63, 3.8) is 0 Å². The van der Waals surface area contributed by atoms with Gasteiger partial charge < -0.3 is 0 Å². The summed E-state index contributed by atoms with van der Waals surface area (Å²) in [7, 11) is 0. The second-order valence-corrected chi connectivity index (χ2v) is 9.09. The van der Waals surface area contributed by atoms with E-state index in [1.54, 1.807) is 0 Å². The Morgan fingerprint density at radius 1 is 1.09 bits per heavy atom. The summed E-state index contributed by atoms with van der Waals surface area (Å²) in [6.07, 6.45) is 2.21. The lowest BCUT2D eigenvalue weighted by molar-refractivity contribution is -0.127. The summed E-state index contributed by atoms with van der Waals surface area (Å²) in [5, 5.41) is 9.96. The van der Waals surface area contributed by atoms with Crippen LogP contribution < -0.4 is 0 Å². The van der Waals surface area contributed by atoms with E-state index in [0.29, 0.717) is 23.7 Å². The van der Waals surface area contributed by atoms with Crippen molar-refractivity contribution in [1.29, 1.82) is 0 Å². The monoisotopic (exact) mass is 448 g/mol. The summed E-state index contributed by atoms with van der Waals surface area (Å²) in [4.78, 5) is 27.6. The zero-order valence-electron chi connectivity index (χ0n) is 17.5. The third kappa shape index (κ3) is 3.64. The summed E-state index contributed by atoms with van der Waals surface area (Å²) >= 11 is 1.35. The van der Waals surface area contributed by atoms with Gasteiger partial charge in [0.05, 0.1) is 10.8 Å². The average molecular weight is 449 g/mol. The van der Waals surface area contributed by atoms with Crippen molar-refractivity contribution < 1.29 is 14.0 Å². The average Bonchev–Trinajstić information content (AvgIpc) is 3.11. The number of hydrogen-bond donors (Lipinski definition) is 0. The maximum Gasteiger partial charge on any atom is 0.260 e. The van der Waals surface area contributed by atoms with E-state index in [2.05, 4.69) is 16.3 Å². The fourth-order valence-electron chi connectivity index (χ4n) is 4.14. The Hall–Kier alpha value is -3.26. The van der Waals surface area contributed by atoms with Gasteiger partial charge in [0.25, 0.3) is 5.91 Å². The van der Waals surface area contributed by atoms with Crippen LogP contribution >= 0.6 is 11.8 Å². The number of benzene rings is 2. The van der Waals surface area contributed by atoms with Crippen LogP contribution in [0.1, 0.15) is 35.2 Å². The fraction of sp³-hybridized carbons (Fsp3) is 0.250. The highest BCUT2D eigenvalue weighted by molar-refractivity contribution is 8.00. The van der Waals surface area contributed by atoms with Crippen LogP contribution in [0.3, 0.4) is 0 Å². The number of halogens is 1. The minimum Gasteiger partial charge on any atom is -0.278 e. The number of amides is 2. The van der Waals surface area contributed by atoms with E-state index in [-0.39, 0.29) is 5.91 Å². The largest absolute Gasteiger partial charge is 0.278 e. The fourth-order valence-corrected chi connectivity index (χ4v) is 5.30. The molecule has 3 heterocycles. The molecule has 2 aromatic carbocycles. The molecule has 0 N–H and O–H groups in total. The number of carbonyl (C=O) groups is 2. The molecular weight excluding hydrogens is 427 g/mol. The highest BCUT2D eigenvalue weighted by Crippen LogP contribution is 2.32. The van der Waals surface area contributed by atoms with Gasteiger partial charge in [-0.05, 0) is 61.7 Å². The van der Waals surface area contributed by atoms with Crippen molar-refractivity contribution in [3.8, 4) is 0 Å². The number of pyridine rings is 1. The van der Waals surface area contributed by atoms with Crippen LogP contribution in [0.15, 0.2) is 59.8 Å². The number of rotatable bonds is 3. The number of nitrogens with zero attached hydrogens (tertiary/aromatic N) is 4. The van der Waals surface area contributed by atoms with E-state index >= 15 is 0 Å². The molecule has 0 aliphatic carbocycles. The number of likely N-dealkylation sites (tertiary alicyclic amines) is 1. The second-order valence-electron chi connectivity index (χ2n) is 7.92. The molecule has 0 bridgehead atoms. The first-order valence-electron chi connectivity index (χ1n) is 10.5. The Labute approximate surface area is 188 Å². The minimum absolute atomic E-state index is 0.241. The third-order valence-electron chi connectivity index (χ3n) is 5.80. The molecule has 2 aromatic heterocycles. The second kappa shape index (κ2) is 8.35. The molecule has 1 saturated heterocycles. The highest BCUT2D eigenvalue weighted by Gasteiger charge is 2.33. The van der Waals surface area contributed by atoms with Crippen molar-refractivity contribution in [1.82, 2.24) is 19.5 Å². The normalized spacial score (nSPS) is 17.1. The molecule has 32 heavy (non-hydrogen) atoms. The van der Waals surface area contributed by atoms with Gasteiger partial charge in [-0.1, -0.05) is 36.4 Å². The van der Waals surface area contributed by atoms with Crippen LogP contribution in [0, 0.1) is 12.7 Å². The lowest BCUT2D eigenvalue weighted by Crippen LogP contribution is -2.41. The maximum absolute atomic E-state index is 13.4. The predicted octanol–water partition coefficient (Wildman–Crippen LogP) is 4.64. The number of aromatic nitrogens is 3. The number of hydrogen-bond acceptors (Lipinski definition) is 5. The SMILES string of the molecule is Cc1cc2nnc(SC3CCCCN(C(=O)c4ccc(F)cc4)C3=O)n2c2ccccc12. The first kappa shape index (κ1) is 20.6. The van der Waals surface area contributed by atoms with Crippen LogP contribution in [0.5, 0.6) is 0 Å². The standard InChI is InChI=1S/C24H21FN4O2S/c1-15-14-21-26-27-24(29(21)19-7-3-2-6-18(15)19)32-20-8-4-5-13-28(23(20)31)22(30)16-9-11-17(25)12-10-16/h2-3,6-7,9-12,14,20H,4-5,8,13H2,1H3. The Morgan fingerprint density at radius 2 is 1.88 bits per heavy atom. The number of aryl methyl sites for hydroxylation is 1. The molecule has 1 aliphatic rings. The van der Waals surface area contributed by atoms with Gasteiger partial charge in [0.2, 0.25) is 5.91 Å². The quantitative estimate of drug-likeness (QED) is 0.427. The molecule has 2 amide bonds. The molecule has 1 atom stereocenters. The lowest BCUT2D eigenvalue weighted by atomic mass is 10.1. The molecule has 4 aromatic rings. The molecule has 1 unspecified atom stereocenters. The smallest absolute Gasteiger partial charge is 0.260 e. The number of thioether (sulfide) groups is 1. The predicted molar refractivity (Wildman–Crippen MR) is 121 cm³/mol. The van der Waals surface area contributed by atoms with Crippen molar-refractivity contribution >= 4 is 40.1 Å². The molecule has 0 spiro atoms.